The van der Waals surface area contributed by atoms with Crippen molar-refractivity contribution < 1.29 is 14.3 Å². The van der Waals surface area contributed by atoms with Crippen molar-refractivity contribution in [2.75, 3.05) is 24.6 Å². The molecule has 1 aromatic carbocycles. The van der Waals surface area contributed by atoms with Crippen LogP contribution >= 0.6 is 0 Å². The molecule has 6 heteroatoms. The summed E-state index contributed by atoms with van der Waals surface area (Å²) in [6.45, 7) is 11.0. The molecule has 1 saturated heterocycles. The molecule has 0 saturated carbocycles. The first-order valence-electron chi connectivity index (χ1n) is 8.36. The van der Waals surface area contributed by atoms with Crippen molar-refractivity contribution in [3.05, 3.63) is 24.3 Å². The molecule has 0 bridgehead atoms. The van der Waals surface area contributed by atoms with E-state index in [4.69, 9.17) is 4.74 Å². The number of hydrogen-bond donors (Lipinski definition) is 1. The Morgan fingerprint density at radius 3 is 2.67 bits per heavy atom. The molecule has 1 fully saturated rings. The molecule has 0 spiro atoms. The maximum absolute atomic E-state index is 12.7. The van der Waals surface area contributed by atoms with Crippen molar-refractivity contribution in [1.82, 2.24) is 10.2 Å². The van der Waals surface area contributed by atoms with Gasteiger partial charge in [-0.15, -0.1) is 0 Å². The Bertz CT molecular complexity index is 610. The van der Waals surface area contributed by atoms with Crippen LogP contribution < -0.4 is 15.0 Å². The van der Waals surface area contributed by atoms with E-state index >= 15 is 0 Å². The molecule has 6 nitrogen and oxygen atoms in total. The second-order valence-corrected chi connectivity index (χ2v) is 6.97. The Labute approximate surface area is 143 Å². The van der Waals surface area contributed by atoms with Gasteiger partial charge in [-0.1, -0.05) is 6.07 Å². The van der Waals surface area contributed by atoms with Gasteiger partial charge in [0, 0.05) is 30.4 Å². The Morgan fingerprint density at radius 1 is 1.33 bits per heavy atom. The summed E-state index contributed by atoms with van der Waals surface area (Å²) in [6.07, 6.45) is 0. The number of hydrogen-bond acceptors (Lipinski definition) is 3. The number of benzene rings is 1. The minimum atomic E-state index is -0.503. The summed E-state index contributed by atoms with van der Waals surface area (Å²) in [5, 5.41) is 2.92. The van der Waals surface area contributed by atoms with Crippen molar-refractivity contribution in [2.24, 2.45) is 0 Å². The lowest BCUT2D eigenvalue weighted by Crippen LogP contribution is -2.61. The number of nitrogens with one attached hydrogen (secondary N) is 1. The van der Waals surface area contributed by atoms with E-state index < -0.39 is 6.04 Å². The monoisotopic (exact) mass is 333 g/mol. The fraction of sp³-hybridized carbons (Fsp3) is 0.556. The predicted molar refractivity (Wildman–Crippen MR) is 94.4 cm³/mol. The zero-order valence-corrected chi connectivity index (χ0v) is 15.1. The zero-order chi connectivity index (χ0) is 17.9. The Morgan fingerprint density at radius 2 is 2.04 bits per heavy atom. The lowest BCUT2D eigenvalue weighted by Gasteiger charge is -2.40. The highest BCUT2D eigenvalue weighted by atomic mass is 16.5. The van der Waals surface area contributed by atoms with Gasteiger partial charge in [0.25, 0.3) is 0 Å². The zero-order valence-electron chi connectivity index (χ0n) is 15.1. The van der Waals surface area contributed by atoms with Crippen LogP contribution in [-0.2, 0) is 4.79 Å². The minimum absolute atomic E-state index is 0.0843. The van der Waals surface area contributed by atoms with Crippen molar-refractivity contribution in [3.8, 4) is 5.75 Å². The lowest BCUT2D eigenvalue weighted by molar-refractivity contribution is -0.124. The molecular formula is C18H27N3O3. The van der Waals surface area contributed by atoms with Crippen LogP contribution in [0.2, 0.25) is 0 Å². The van der Waals surface area contributed by atoms with Gasteiger partial charge >= 0.3 is 6.03 Å². The van der Waals surface area contributed by atoms with Crippen molar-refractivity contribution in [2.45, 2.75) is 46.2 Å². The van der Waals surface area contributed by atoms with Crippen molar-refractivity contribution >= 4 is 17.6 Å². The first-order valence-corrected chi connectivity index (χ1v) is 8.36. The van der Waals surface area contributed by atoms with Crippen LogP contribution in [0.5, 0.6) is 5.75 Å². The van der Waals surface area contributed by atoms with Gasteiger partial charge in [-0.25, -0.2) is 4.79 Å². The van der Waals surface area contributed by atoms with E-state index in [1.54, 1.807) is 16.7 Å². The Balaban J connectivity index is 2.12. The number of piperazine rings is 1. The van der Waals surface area contributed by atoms with Gasteiger partial charge in [0.2, 0.25) is 5.91 Å². The average Bonchev–Trinajstić information content (AvgIpc) is 2.48. The molecule has 1 atom stereocenters. The fourth-order valence-electron chi connectivity index (χ4n) is 2.70. The maximum Gasteiger partial charge on any atom is 0.318 e. The van der Waals surface area contributed by atoms with E-state index in [9.17, 15) is 9.59 Å². The number of nitrogens with zero attached hydrogens (tertiary/aromatic N) is 2. The summed E-state index contributed by atoms with van der Waals surface area (Å²) in [5.41, 5.74) is 0.469. The van der Waals surface area contributed by atoms with E-state index in [0.717, 1.165) is 11.4 Å². The third-order valence-electron chi connectivity index (χ3n) is 3.84. The number of anilines is 1. The number of carbonyl (C=O) groups is 2. The molecule has 0 unspecified atom stereocenters. The predicted octanol–water partition coefficient (Wildman–Crippen LogP) is 2.63. The number of urea groups is 1. The van der Waals surface area contributed by atoms with E-state index in [2.05, 4.69) is 5.32 Å². The molecule has 1 aliphatic heterocycles. The molecule has 0 aliphatic carbocycles. The molecule has 24 heavy (non-hydrogen) atoms. The molecule has 2 rings (SSSR count). The largest absolute Gasteiger partial charge is 0.494 e. The smallest absolute Gasteiger partial charge is 0.318 e. The van der Waals surface area contributed by atoms with E-state index in [0.29, 0.717) is 19.7 Å². The van der Waals surface area contributed by atoms with Gasteiger partial charge in [-0.3, -0.25) is 4.79 Å². The van der Waals surface area contributed by atoms with Crippen LogP contribution in [0.3, 0.4) is 0 Å². The van der Waals surface area contributed by atoms with Gasteiger partial charge in [-0.05, 0) is 46.8 Å². The highest BCUT2D eigenvalue weighted by Crippen LogP contribution is 2.25. The van der Waals surface area contributed by atoms with Gasteiger partial charge in [0.1, 0.15) is 11.8 Å². The average molecular weight is 333 g/mol. The number of amides is 3. The van der Waals surface area contributed by atoms with E-state index in [1.807, 2.05) is 52.0 Å². The van der Waals surface area contributed by atoms with Crippen LogP contribution in [-0.4, -0.2) is 48.1 Å². The van der Waals surface area contributed by atoms with E-state index in [-0.39, 0.29) is 17.5 Å². The first-order chi connectivity index (χ1) is 11.2. The maximum atomic E-state index is 12.7. The van der Waals surface area contributed by atoms with Crippen LogP contribution in [0.15, 0.2) is 24.3 Å². The molecule has 1 N–H and O–H groups in total. The van der Waals surface area contributed by atoms with Crippen molar-refractivity contribution in [3.63, 3.8) is 0 Å². The van der Waals surface area contributed by atoms with Gasteiger partial charge in [-0.2, -0.15) is 0 Å². The second-order valence-electron chi connectivity index (χ2n) is 6.97. The minimum Gasteiger partial charge on any atom is -0.494 e. The number of ether oxygens (including phenoxy) is 1. The molecule has 1 aliphatic rings. The fourth-order valence-corrected chi connectivity index (χ4v) is 2.70. The first kappa shape index (κ1) is 18.1. The third kappa shape index (κ3) is 4.19. The summed E-state index contributed by atoms with van der Waals surface area (Å²) in [4.78, 5) is 28.4. The topological polar surface area (TPSA) is 61.9 Å². The van der Waals surface area contributed by atoms with Crippen molar-refractivity contribution in [1.29, 1.82) is 0 Å². The van der Waals surface area contributed by atoms with Crippen LogP contribution in [0.25, 0.3) is 0 Å². The van der Waals surface area contributed by atoms with E-state index in [1.165, 1.54) is 0 Å². The summed E-state index contributed by atoms with van der Waals surface area (Å²) >= 11 is 0. The Hall–Kier alpha value is -2.24. The summed E-state index contributed by atoms with van der Waals surface area (Å²) < 4.78 is 5.50. The highest BCUT2D eigenvalue weighted by molar-refractivity contribution is 6.00. The molecule has 0 radical (unpaired) electrons. The third-order valence-corrected chi connectivity index (χ3v) is 3.84. The second kappa shape index (κ2) is 7.11. The lowest BCUT2D eigenvalue weighted by atomic mass is 10.1. The van der Waals surface area contributed by atoms with Crippen LogP contribution in [0.1, 0.15) is 34.6 Å². The molecule has 1 aromatic rings. The summed E-state index contributed by atoms with van der Waals surface area (Å²) in [7, 11) is 0. The van der Waals surface area contributed by atoms with Gasteiger partial charge in [0.15, 0.2) is 0 Å². The molecule has 3 amide bonds. The quantitative estimate of drug-likeness (QED) is 0.925. The normalized spacial score (nSPS) is 18.5. The SMILES string of the molecule is CCOc1cccc(N2CCN(C(=O)NC(C)(C)C)[C@H](C)C2=O)c1. The molecule has 1 heterocycles. The molecule has 0 aromatic heterocycles. The summed E-state index contributed by atoms with van der Waals surface area (Å²) in [5.74, 6) is 0.655. The van der Waals surface area contributed by atoms with Gasteiger partial charge < -0.3 is 19.9 Å². The van der Waals surface area contributed by atoms with Crippen LogP contribution in [0.4, 0.5) is 10.5 Å². The number of rotatable bonds is 3. The Kier molecular flexibility index (Phi) is 5.36. The molecular weight excluding hydrogens is 306 g/mol. The highest BCUT2D eigenvalue weighted by Gasteiger charge is 2.36. The van der Waals surface area contributed by atoms with Crippen LogP contribution in [0, 0.1) is 0 Å². The number of carbonyl (C=O) groups excluding carboxylic acids is 2. The molecule has 132 valence electrons. The van der Waals surface area contributed by atoms with Gasteiger partial charge in [0.05, 0.1) is 6.61 Å². The standard InChI is InChI=1S/C18H27N3O3/c1-6-24-15-9-7-8-14(12-15)21-11-10-20(13(2)16(21)22)17(23)19-18(3,4)5/h7-9,12-13H,6,10-11H2,1-5H3,(H,19,23)/t13-/m1/s1. The summed E-state index contributed by atoms with van der Waals surface area (Å²) in [6, 6.07) is 6.78.